The molecule has 158 valence electrons. The van der Waals surface area contributed by atoms with Crippen LogP contribution in [0.25, 0.3) is 33.8 Å². The van der Waals surface area contributed by atoms with Crippen LogP contribution in [0.1, 0.15) is 25.1 Å². The van der Waals surface area contributed by atoms with E-state index in [2.05, 4.69) is 15.1 Å². The first-order valence-electron chi connectivity index (χ1n) is 9.53. The molecule has 0 saturated carbocycles. The molecule has 0 amide bonds. The van der Waals surface area contributed by atoms with E-state index in [9.17, 15) is 14.0 Å². The summed E-state index contributed by atoms with van der Waals surface area (Å²) in [6.07, 6.45) is 1.55. The Morgan fingerprint density at radius 3 is 2.74 bits per heavy atom. The number of carbonyl (C=O) groups excluding carboxylic acids is 1. The molecular weight excluding hydrogens is 405 g/mol. The molecule has 3 heterocycles. The van der Waals surface area contributed by atoms with E-state index >= 15 is 0 Å². The molecular formula is C22H18FN3O5. The summed E-state index contributed by atoms with van der Waals surface area (Å²) in [6.45, 7) is 5.11. The van der Waals surface area contributed by atoms with E-state index in [1.807, 2.05) is 0 Å². The van der Waals surface area contributed by atoms with Crippen LogP contribution in [0, 0.1) is 18.7 Å². The molecule has 9 heteroatoms. The molecule has 0 fully saturated rings. The maximum absolute atomic E-state index is 14.0. The van der Waals surface area contributed by atoms with Crippen molar-refractivity contribution in [2.24, 2.45) is 5.92 Å². The fourth-order valence-corrected chi connectivity index (χ4v) is 2.95. The lowest BCUT2D eigenvalue weighted by Gasteiger charge is -2.10. The molecule has 8 nitrogen and oxygen atoms in total. The van der Waals surface area contributed by atoms with E-state index in [0.29, 0.717) is 16.6 Å². The molecule has 4 rings (SSSR count). The van der Waals surface area contributed by atoms with E-state index in [0.717, 1.165) is 0 Å². The lowest BCUT2D eigenvalue weighted by atomic mass is 10.1. The number of halogens is 1. The van der Waals surface area contributed by atoms with Gasteiger partial charge in [0.05, 0.1) is 17.2 Å². The van der Waals surface area contributed by atoms with Crippen LogP contribution in [-0.2, 0) is 16.1 Å². The Balaban J connectivity index is 1.78. The number of pyridine rings is 1. The van der Waals surface area contributed by atoms with Gasteiger partial charge in [0.25, 0.3) is 5.89 Å². The van der Waals surface area contributed by atoms with Crippen LogP contribution in [0.5, 0.6) is 0 Å². The number of esters is 1. The highest BCUT2D eigenvalue weighted by molar-refractivity contribution is 5.85. The third kappa shape index (κ3) is 3.94. The Morgan fingerprint density at radius 2 is 2.00 bits per heavy atom. The largest absolute Gasteiger partial charge is 0.461 e. The summed E-state index contributed by atoms with van der Waals surface area (Å²) in [4.78, 5) is 32.8. The Hall–Kier alpha value is -3.88. The minimum atomic E-state index is -0.711. The average Bonchev–Trinajstić information content (AvgIpc) is 3.23. The van der Waals surface area contributed by atoms with Crippen LogP contribution in [0.2, 0.25) is 0 Å². The number of aromatic nitrogens is 3. The van der Waals surface area contributed by atoms with E-state index < -0.39 is 11.4 Å². The Bertz CT molecular complexity index is 1340. The van der Waals surface area contributed by atoms with Crippen LogP contribution < -0.4 is 5.63 Å². The molecule has 0 aliphatic rings. The van der Waals surface area contributed by atoms with Crippen molar-refractivity contribution < 1.29 is 22.9 Å². The van der Waals surface area contributed by atoms with Gasteiger partial charge in [0.2, 0.25) is 5.82 Å². The van der Waals surface area contributed by atoms with Gasteiger partial charge in [-0.2, -0.15) is 4.98 Å². The normalized spacial score (nSPS) is 11.3. The molecule has 3 aromatic heterocycles. The number of carbonyl (C=O) groups is 1. The highest BCUT2D eigenvalue weighted by Crippen LogP contribution is 2.27. The van der Waals surface area contributed by atoms with Crippen molar-refractivity contribution in [3.05, 3.63) is 64.0 Å². The second kappa shape index (κ2) is 8.10. The van der Waals surface area contributed by atoms with Gasteiger partial charge in [-0.25, -0.2) is 9.18 Å². The van der Waals surface area contributed by atoms with Crippen molar-refractivity contribution in [1.82, 2.24) is 15.1 Å². The van der Waals surface area contributed by atoms with Crippen molar-refractivity contribution in [2.75, 3.05) is 0 Å². The zero-order valence-electron chi connectivity index (χ0n) is 17.0. The first-order valence-corrected chi connectivity index (χ1v) is 9.53. The highest BCUT2D eigenvalue weighted by Gasteiger charge is 2.20. The maximum atomic E-state index is 14.0. The predicted octanol–water partition coefficient (Wildman–Crippen LogP) is 4.05. The number of ether oxygens (including phenoxy) is 1. The van der Waals surface area contributed by atoms with Crippen LogP contribution in [0.3, 0.4) is 0 Å². The molecule has 4 aromatic rings. The van der Waals surface area contributed by atoms with E-state index in [1.165, 1.54) is 18.2 Å². The minimum Gasteiger partial charge on any atom is -0.461 e. The van der Waals surface area contributed by atoms with Crippen LogP contribution in [0.15, 0.2) is 50.3 Å². The minimum absolute atomic E-state index is 0.00425. The zero-order chi connectivity index (χ0) is 22.1. The molecule has 0 spiro atoms. The molecule has 0 N–H and O–H groups in total. The van der Waals surface area contributed by atoms with Crippen LogP contribution in [-0.4, -0.2) is 21.1 Å². The summed E-state index contributed by atoms with van der Waals surface area (Å²) in [6, 6.07) is 7.48. The van der Waals surface area contributed by atoms with Gasteiger partial charge in [-0.15, -0.1) is 0 Å². The van der Waals surface area contributed by atoms with Crippen molar-refractivity contribution in [2.45, 2.75) is 27.4 Å². The summed E-state index contributed by atoms with van der Waals surface area (Å²) in [5, 5.41) is 4.29. The predicted molar refractivity (Wildman–Crippen MR) is 108 cm³/mol. The number of fused-ring (bicyclic) bond motifs is 1. The zero-order valence-corrected chi connectivity index (χ0v) is 17.0. The smallest absolute Gasteiger partial charge is 0.349 e. The molecule has 0 bridgehead atoms. The second-order valence-electron chi connectivity index (χ2n) is 7.22. The summed E-state index contributed by atoms with van der Waals surface area (Å²) in [7, 11) is 0. The number of benzene rings is 1. The maximum Gasteiger partial charge on any atom is 0.349 e. The van der Waals surface area contributed by atoms with E-state index in [4.69, 9.17) is 13.7 Å². The monoisotopic (exact) mass is 423 g/mol. The van der Waals surface area contributed by atoms with Gasteiger partial charge in [-0.1, -0.05) is 31.1 Å². The van der Waals surface area contributed by atoms with Gasteiger partial charge < -0.3 is 13.7 Å². The molecule has 0 atom stereocenters. The van der Waals surface area contributed by atoms with E-state index in [1.54, 1.807) is 39.1 Å². The third-order valence-electron chi connectivity index (χ3n) is 4.65. The summed E-state index contributed by atoms with van der Waals surface area (Å²) in [5.41, 5.74) is 0.746. The summed E-state index contributed by atoms with van der Waals surface area (Å²) in [5.74, 6) is -1.28. The fourth-order valence-electron chi connectivity index (χ4n) is 2.95. The van der Waals surface area contributed by atoms with E-state index in [-0.39, 0.29) is 46.9 Å². The lowest BCUT2D eigenvalue weighted by molar-refractivity contribution is -0.148. The van der Waals surface area contributed by atoms with Gasteiger partial charge >= 0.3 is 11.6 Å². The molecule has 31 heavy (non-hydrogen) atoms. The number of hydrogen-bond acceptors (Lipinski definition) is 8. The molecule has 1 aromatic carbocycles. The molecule has 0 radical (unpaired) electrons. The van der Waals surface area contributed by atoms with Crippen molar-refractivity contribution in [3.8, 4) is 22.8 Å². The fraction of sp³-hybridized carbons (Fsp3) is 0.227. The average molecular weight is 423 g/mol. The van der Waals surface area contributed by atoms with Crippen molar-refractivity contribution in [1.29, 1.82) is 0 Å². The SMILES string of the molecule is Cc1ncc(COC(=O)C(C)C)c2cc(-c3nc(-c4ccccc4F)no3)c(=O)oc12. The molecule has 0 unspecified atom stereocenters. The summed E-state index contributed by atoms with van der Waals surface area (Å²) < 4.78 is 30.0. The Labute approximate surface area is 175 Å². The van der Waals surface area contributed by atoms with Gasteiger partial charge in [0.1, 0.15) is 18.0 Å². The molecule has 0 aliphatic heterocycles. The molecule has 0 saturated heterocycles. The van der Waals surface area contributed by atoms with Crippen molar-refractivity contribution in [3.63, 3.8) is 0 Å². The highest BCUT2D eigenvalue weighted by atomic mass is 19.1. The van der Waals surface area contributed by atoms with Crippen LogP contribution in [0.4, 0.5) is 4.39 Å². The number of hydrogen-bond donors (Lipinski definition) is 0. The van der Waals surface area contributed by atoms with Crippen LogP contribution >= 0.6 is 0 Å². The van der Waals surface area contributed by atoms with Gasteiger partial charge in [-0.05, 0) is 25.1 Å². The van der Waals surface area contributed by atoms with Crippen molar-refractivity contribution >= 4 is 16.9 Å². The Morgan fingerprint density at radius 1 is 1.23 bits per heavy atom. The summed E-state index contributed by atoms with van der Waals surface area (Å²) >= 11 is 0. The lowest BCUT2D eigenvalue weighted by Crippen LogP contribution is -2.12. The van der Waals surface area contributed by atoms with Gasteiger partial charge in [0, 0.05) is 17.1 Å². The second-order valence-corrected chi connectivity index (χ2v) is 7.22. The first-order chi connectivity index (χ1) is 14.8. The topological polar surface area (TPSA) is 108 Å². The number of aryl methyl sites for hydroxylation is 1. The molecule has 0 aliphatic carbocycles. The van der Waals surface area contributed by atoms with Gasteiger partial charge in [-0.3, -0.25) is 9.78 Å². The Kier molecular flexibility index (Phi) is 5.33. The standard InChI is InChI=1S/C22H18FN3O5/c1-11(2)21(27)29-10-13-9-24-12(3)18-15(13)8-16(22(28)30-18)20-25-19(26-31-20)14-6-4-5-7-17(14)23/h4-9,11H,10H2,1-3H3. The third-order valence-corrected chi connectivity index (χ3v) is 4.65. The number of rotatable bonds is 5. The number of nitrogens with zero attached hydrogens (tertiary/aromatic N) is 3. The first kappa shape index (κ1) is 20.4. The quantitative estimate of drug-likeness (QED) is 0.442. The van der Waals surface area contributed by atoms with Gasteiger partial charge in [0.15, 0.2) is 5.58 Å².